The van der Waals surface area contributed by atoms with Gasteiger partial charge in [0, 0.05) is 6.54 Å². The molecule has 0 aliphatic heterocycles. The number of ether oxygens (including phenoxy) is 1. The van der Waals surface area contributed by atoms with Crippen molar-refractivity contribution in [2.24, 2.45) is 0 Å². The first-order valence-corrected chi connectivity index (χ1v) is 13.4. The van der Waals surface area contributed by atoms with Gasteiger partial charge in [0.25, 0.3) is 0 Å². The second-order valence-electron chi connectivity index (χ2n) is 8.99. The molecule has 0 atom stereocenters. The van der Waals surface area contributed by atoms with Crippen LogP contribution in [-0.4, -0.2) is 12.6 Å². The van der Waals surface area contributed by atoms with Gasteiger partial charge in [0.15, 0.2) is 0 Å². The highest BCUT2D eigenvalue weighted by atomic mass is 16.5. The molecule has 1 aromatic rings. The minimum Gasteiger partial charge on any atom is -0.445 e. The van der Waals surface area contributed by atoms with Crippen molar-refractivity contribution in [2.45, 2.75) is 123 Å². The van der Waals surface area contributed by atoms with E-state index in [2.05, 4.69) is 24.4 Å². The molecule has 182 valence electrons. The Kier molecular flexibility index (Phi) is 19.8. The van der Waals surface area contributed by atoms with Gasteiger partial charge in [-0.1, -0.05) is 126 Å². The van der Waals surface area contributed by atoms with Gasteiger partial charge in [0.05, 0.1) is 0 Å². The Morgan fingerprint density at radius 2 is 1.22 bits per heavy atom. The van der Waals surface area contributed by atoms with E-state index < -0.39 is 0 Å². The van der Waals surface area contributed by atoms with Crippen molar-refractivity contribution >= 4 is 6.09 Å². The summed E-state index contributed by atoms with van der Waals surface area (Å²) in [7, 11) is 0. The largest absolute Gasteiger partial charge is 0.445 e. The van der Waals surface area contributed by atoms with Crippen molar-refractivity contribution in [2.75, 3.05) is 6.54 Å². The van der Waals surface area contributed by atoms with E-state index in [0.29, 0.717) is 13.2 Å². The molecule has 0 spiro atoms. The number of alkyl carbamates (subject to hydrolysis) is 1. The van der Waals surface area contributed by atoms with E-state index in [-0.39, 0.29) is 6.09 Å². The molecule has 1 N–H and O–H groups in total. The van der Waals surface area contributed by atoms with Crippen LogP contribution in [0.15, 0.2) is 42.5 Å². The summed E-state index contributed by atoms with van der Waals surface area (Å²) in [5.41, 5.74) is 1.02. The third-order valence-corrected chi connectivity index (χ3v) is 5.92. The topological polar surface area (TPSA) is 38.3 Å². The number of carbonyl (C=O) groups excluding carboxylic acids is 1. The Morgan fingerprint density at radius 1 is 0.719 bits per heavy atom. The smallest absolute Gasteiger partial charge is 0.407 e. The summed E-state index contributed by atoms with van der Waals surface area (Å²) < 4.78 is 5.21. The van der Waals surface area contributed by atoms with Gasteiger partial charge in [-0.05, 0) is 37.7 Å². The molecule has 0 aromatic heterocycles. The lowest BCUT2D eigenvalue weighted by Gasteiger charge is -2.07. The van der Waals surface area contributed by atoms with Gasteiger partial charge < -0.3 is 10.1 Å². The molecule has 0 unspecified atom stereocenters. The van der Waals surface area contributed by atoms with Gasteiger partial charge >= 0.3 is 6.09 Å². The minimum atomic E-state index is -0.314. The number of carbonyl (C=O) groups is 1. The van der Waals surface area contributed by atoms with E-state index in [9.17, 15) is 4.79 Å². The molecule has 0 fully saturated rings. The zero-order chi connectivity index (χ0) is 23.0. The average Bonchev–Trinajstić information content (AvgIpc) is 2.82. The number of hydrogen-bond donors (Lipinski definition) is 1. The van der Waals surface area contributed by atoms with Crippen LogP contribution >= 0.6 is 0 Å². The Balaban J connectivity index is 1.74. The van der Waals surface area contributed by atoms with E-state index in [1.807, 2.05) is 30.3 Å². The van der Waals surface area contributed by atoms with Crippen molar-refractivity contribution in [3.63, 3.8) is 0 Å². The Morgan fingerprint density at radius 3 is 1.78 bits per heavy atom. The molecule has 0 bridgehead atoms. The van der Waals surface area contributed by atoms with Crippen LogP contribution in [0.5, 0.6) is 0 Å². The van der Waals surface area contributed by atoms with Crippen LogP contribution in [0.3, 0.4) is 0 Å². The second kappa shape index (κ2) is 22.4. The maximum atomic E-state index is 11.7. The van der Waals surface area contributed by atoms with Crippen LogP contribution in [0.4, 0.5) is 4.79 Å². The number of nitrogens with one attached hydrogen (secondary N) is 1. The normalized spacial score (nSPS) is 11.2. The third-order valence-electron chi connectivity index (χ3n) is 5.92. The van der Waals surface area contributed by atoms with E-state index in [1.165, 1.54) is 103 Å². The quantitative estimate of drug-likeness (QED) is 0.152. The predicted molar refractivity (Wildman–Crippen MR) is 138 cm³/mol. The highest BCUT2D eigenvalue weighted by Gasteiger charge is 2.01. The number of benzene rings is 1. The molecule has 32 heavy (non-hydrogen) atoms. The van der Waals surface area contributed by atoms with Crippen LogP contribution < -0.4 is 5.32 Å². The van der Waals surface area contributed by atoms with Gasteiger partial charge in [-0.3, -0.25) is 0 Å². The van der Waals surface area contributed by atoms with Gasteiger partial charge in [0.2, 0.25) is 0 Å². The molecule has 0 saturated heterocycles. The van der Waals surface area contributed by atoms with Crippen molar-refractivity contribution < 1.29 is 9.53 Å². The zero-order valence-electron chi connectivity index (χ0n) is 20.8. The molecule has 0 radical (unpaired) electrons. The lowest BCUT2D eigenvalue weighted by molar-refractivity contribution is 0.139. The first-order valence-electron chi connectivity index (χ1n) is 13.4. The maximum Gasteiger partial charge on any atom is 0.407 e. The fourth-order valence-corrected chi connectivity index (χ4v) is 3.87. The highest BCUT2D eigenvalue weighted by Crippen LogP contribution is 2.11. The van der Waals surface area contributed by atoms with Crippen LogP contribution in [-0.2, 0) is 11.3 Å². The van der Waals surface area contributed by atoms with Crippen molar-refractivity contribution in [1.29, 1.82) is 0 Å². The summed E-state index contributed by atoms with van der Waals surface area (Å²) in [4.78, 5) is 11.7. The fourth-order valence-electron chi connectivity index (χ4n) is 3.87. The average molecular weight is 444 g/mol. The monoisotopic (exact) mass is 443 g/mol. The van der Waals surface area contributed by atoms with Crippen molar-refractivity contribution in [3.05, 3.63) is 48.0 Å². The minimum absolute atomic E-state index is 0.314. The molecular weight excluding hydrogens is 394 g/mol. The lowest BCUT2D eigenvalue weighted by atomic mass is 10.1. The van der Waals surface area contributed by atoms with E-state index in [1.54, 1.807) is 0 Å². The molecule has 1 aromatic carbocycles. The standard InChI is InChI=1S/C29H49NO2/c1-2-3-4-5-6-7-8-9-10-11-12-13-14-15-16-17-18-19-23-26-30-29(31)32-27-28-24-21-20-22-25-28/h9-10,20-22,24-25H,2-8,11-19,23,26-27H2,1H3,(H,30,31)/b10-9-. The molecule has 0 aliphatic rings. The summed E-state index contributed by atoms with van der Waals surface area (Å²) in [6.07, 6.45) is 27.0. The summed E-state index contributed by atoms with van der Waals surface area (Å²) >= 11 is 0. The summed E-state index contributed by atoms with van der Waals surface area (Å²) in [6, 6.07) is 9.78. The number of amides is 1. The van der Waals surface area contributed by atoms with Gasteiger partial charge in [0.1, 0.15) is 6.61 Å². The summed E-state index contributed by atoms with van der Waals surface area (Å²) in [5, 5.41) is 2.84. The number of allylic oxidation sites excluding steroid dienone is 2. The van der Waals surface area contributed by atoms with E-state index in [4.69, 9.17) is 4.74 Å². The first kappa shape index (κ1) is 28.3. The van der Waals surface area contributed by atoms with Crippen LogP contribution in [0, 0.1) is 0 Å². The van der Waals surface area contributed by atoms with Crippen molar-refractivity contribution in [1.82, 2.24) is 5.32 Å². The van der Waals surface area contributed by atoms with E-state index >= 15 is 0 Å². The molecule has 0 saturated carbocycles. The Hall–Kier alpha value is -1.77. The number of rotatable bonds is 21. The van der Waals surface area contributed by atoms with Gasteiger partial charge in [-0.25, -0.2) is 4.79 Å². The molecule has 1 rings (SSSR count). The molecule has 1 amide bonds. The molecular formula is C29H49NO2. The van der Waals surface area contributed by atoms with Gasteiger partial charge in [-0.2, -0.15) is 0 Å². The van der Waals surface area contributed by atoms with E-state index in [0.717, 1.165) is 12.0 Å². The Bertz CT molecular complexity index is 556. The Labute approximate surface area is 198 Å². The second-order valence-corrected chi connectivity index (χ2v) is 8.99. The molecule has 0 aliphatic carbocycles. The SMILES string of the molecule is CCCCCCCC/C=C\CCCCCCCCCCCNC(=O)OCc1ccccc1. The fraction of sp³-hybridized carbons (Fsp3) is 0.690. The highest BCUT2D eigenvalue weighted by molar-refractivity contribution is 5.67. The molecule has 0 heterocycles. The third kappa shape index (κ3) is 19.0. The van der Waals surface area contributed by atoms with Crippen LogP contribution in [0.2, 0.25) is 0 Å². The predicted octanol–water partition coefficient (Wildman–Crippen LogP) is 9.12. The summed E-state index contributed by atoms with van der Waals surface area (Å²) in [6.45, 7) is 3.32. The van der Waals surface area contributed by atoms with Gasteiger partial charge in [-0.15, -0.1) is 0 Å². The van der Waals surface area contributed by atoms with Crippen LogP contribution in [0.1, 0.15) is 122 Å². The summed E-state index contributed by atoms with van der Waals surface area (Å²) in [5.74, 6) is 0. The molecule has 3 nitrogen and oxygen atoms in total. The number of hydrogen-bond acceptors (Lipinski definition) is 2. The van der Waals surface area contributed by atoms with Crippen LogP contribution in [0.25, 0.3) is 0 Å². The molecule has 3 heteroatoms. The first-order chi connectivity index (χ1) is 15.8. The lowest BCUT2D eigenvalue weighted by Crippen LogP contribution is -2.25. The van der Waals surface area contributed by atoms with Crippen molar-refractivity contribution in [3.8, 4) is 0 Å². The maximum absolute atomic E-state index is 11.7. The number of unbranched alkanes of at least 4 members (excludes halogenated alkanes) is 15. The zero-order valence-corrected chi connectivity index (χ0v) is 20.8.